The summed E-state index contributed by atoms with van der Waals surface area (Å²) in [6.45, 7) is 14.5. The molecule has 0 spiro atoms. The van der Waals surface area contributed by atoms with Crippen LogP contribution < -0.4 is 15.5 Å². The lowest BCUT2D eigenvalue weighted by molar-refractivity contribution is 0.0741. The number of anilines is 3. The van der Waals surface area contributed by atoms with E-state index in [0.29, 0.717) is 30.9 Å². The smallest absolute Gasteiger partial charge is 0.321 e. The number of aromatic nitrogens is 2. The summed E-state index contributed by atoms with van der Waals surface area (Å²) < 4.78 is 0. The van der Waals surface area contributed by atoms with Gasteiger partial charge >= 0.3 is 6.03 Å². The van der Waals surface area contributed by atoms with E-state index in [1.807, 2.05) is 52.4 Å². The number of pyridine rings is 1. The van der Waals surface area contributed by atoms with E-state index in [1.165, 1.54) is 0 Å². The van der Waals surface area contributed by atoms with Crippen molar-refractivity contribution in [1.82, 2.24) is 24.7 Å². The Hall–Kier alpha value is -3.79. The number of carbonyl (C=O) groups excluding carboxylic acids is 2. The Morgan fingerprint density at radius 1 is 0.897 bits per heavy atom. The van der Waals surface area contributed by atoms with Crippen LogP contribution in [0.1, 0.15) is 38.2 Å². The predicted octanol–water partition coefficient (Wildman–Crippen LogP) is 3.90. The fourth-order valence-electron chi connectivity index (χ4n) is 5.33. The minimum atomic E-state index is -0.0814. The molecule has 39 heavy (non-hydrogen) atoms. The number of nitrogens with one attached hydrogen (secondary N) is 3. The number of aromatic amines is 1. The molecule has 1 aromatic carbocycles. The van der Waals surface area contributed by atoms with E-state index in [-0.39, 0.29) is 11.9 Å². The van der Waals surface area contributed by atoms with Gasteiger partial charge in [-0.05, 0) is 64.1 Å². The number of rotatable bonds is 6. The molecule has 2 aliphatic heterocycles. The van der Waals surface area contributed by atoms with E-state index >= 15 is 0 Å². The van der Waals surface area contributed by atoms with E-state index in [9.17, 15) is 9.59 Å². The molecule has 0 atom stereocenters. The van der Waals surface area contributed by atoms with E-state index < -0.39 is 0 Å². The van der Waals surface area contributed by atoms with Crippen molar-refractivity contribution in [3.05, 3.63) is 48.3 Å². The molecule has 2 aliphatic rings. The molecule has 10 nitrogen and oxygen atoms in total. The van der Waals surface area contributed by atoms with Crippen molar-refractivity contribution in [2.24, 2.45) is 0 Å². The van der Waals surface area contributed by atoms with Crippen LogP contribution in [0.4, 0.5) is 22.0 Å². The van der Waals surface area contributed by atoms with Crippen molar-refractivity contribution < 1.29 is 9.59 Å². The standard InChI is InChI=1S/C29H40N8O2/c1-20(2)31-25-6-5-9-30-27(25)35-12-14-36(15-13-35)28(38)26-19-22-18-23(7-8-24(22)33-26)32-29(39)37-16-10-34(11-17-37)21(3)4/h5-9,18-21,31,33H,10-17H2,1-4H3,(H,32,39). The number of H-pyrrole nitrogens is 1. The van der Waals surface area contributed by atoms with Crippen molar-refractivity contribution in [1.29, 1.82) is 0 Å². The number of piperazine rings is 2. The number of benzene rings is 1. The van der Waals surface area contributed by atoms with Crippen molar-refractivity contribution >= 4 is 40.0 Å². The molecule has 5 rings (SSSR count). The normalized spacial score (nSPS) is 16.8. The van der Waals surface area contributed by atoms with Gasteiger partial charge in [0.15, 0.2) is 5.82 Å². The number of hydrogen-bond acceptors (Lipinski definition) is 6. The molecule has 0 unspecified atom stereocenters. The second kappa shape index (κ2) is 11.5. The minimum Gasteiger partial charge on any atom is -0.380 e. The lowest BCUT2D eigenvalue weighted by Gasteiger charge is -2.36. The zero-order valence-electron chi connectivity index (χ0n) is 23.4. The second-order valence-corrected chi connectivity index (χ2v) is 11.0. The molecule has 4 heterocycles. The van der Waals surface area contributed by atoms with Crippen LogP contribution in [0.15, 0.2) is 42.6 Å². The monoisotopic (exact) mass is 532 g/mol. The molecule has 2 fully saturated rings. The summed E-state index contributed by atoms with van der Waals surface area (Å²) in [7, 11) is 0. The fourth-order valence-corrected chi connectivity index (χ4v) is 5.33. The van der Waals surface area contributed by atoms with Crippen LogP contribution in [0.25, 0.3) is 10.9 Å². The SMILES string of the molecule is CC(C)Nc1cccnc1N1CCN(C(=O)c2cc3cc(NC(=O)N4CCN(C(C)C)CC4)ccc3[nH]2)CC1. The largest absolute Gasteiger partial charge is 0.380 e. The summed E-state index contributed by atoms with van der Waals surface area (Å²) in [5.74, 6) is 0.918. The minimum absolute atomic E-state index is 0.0130. The maximum Gasteiger partial charge on any atom is 0.321 e. The zero-order valence-corrected chi connectivity index (χ0v) is 23.4. The molecule has 0 saturated carbocycles. The lowest BCUT2D eigenvalue weighted by atomic mass is 10.2. The summed E-state index contributed by atoms with van der Waals surface area (Å²) in [5.41, 5.74) is 3.18. The molecule has 2 aromatic heterocycles. The lowest BCUT2D eigenvalue weighted by Crippen LogP contribution is -2.51. The third-order valence-corrected chi connectivity index (χ3v) is 7.53. The first kappa shape index (κ1) is 26.8. The Balaban J connectivity index is 1.19. The van der Waals surface area contributed by atoms with Gasteiger partial charge in [0.05, 0.1) is 5.69 Å². The van der Waals surface area contributed by atoms with Crippen LogP contribution in [0, 0.1) is 0 Å². The van der Waals surface area contributed by atoms with Crippen LogP contribution in [0.3, 0.4) is 0 Å². The van der Waals surface area contributed by atoms with Crippen LogP contribution in [-0.2, 0) is 0 Å². The van der Waals surface area contributed by atoms with Crippen molar-refractivity contribution in [3.8, 4) is 0 Å². The number of carbonyl (C=O) groups is 2. The Morgan fingerprint density at radius 2 is 1.62 bits per heavy atom. The third kappa shape index (κ3) is 6.11. The van der Waals surface area contributed by atoms with Gasteiger partial charge in [-0.15, -0.1) is 0 Å². The highest BCUT2D eigenvalue weighted by Crippen LogP contribution is 2.26. The number of urea groups is 1. The molecule has 0 radical (unpaired) electrons. The number of hydrogen-bond donors (Lipinski definition) is 3. The van der Waals surface area contributed by atoms with Crippen molar-refractivity contribution in [2.75, 3.05) is 67.9 Å². The Bertz CT molecular complexity index is 1300. The Kier molecular flexibility index (Phi) is 7.92. The fraction of sp³-hybridized carbons (Fsp3) is 0.483. The first-order valence-corrected chi connectivity index (χ1v) is 14.0. The number of fused-ring (bicyclic) bond motifs is 1. The van der Waals surface area contributed by atoms with Crippen LogP contribution >= 0.6 is 0 Å². The van der Waals surface area contributed by atoms with Gasteiger partial charge < -0.3 is 30.3 Å². The molecule has 0 bridgehead atoms. The van der Waals surface area contributed by atoms with Crippen LogP contribution in [-0.4, -0.2) is 101 Å². The average Bonchev–Trinajstić information content (AvgIpc) is 3.36. The van der Waals surface area contributed by atoms with Gasteiger partial charge in [-0.2, -0.15) is 0 Å². The molecule has 0 aliphatic carbocycles. The second-order valence-electron chi connectivity index (χ2n) is 11.0. The molecule has 2 saturated heterocycles. The molecule has 208 valence electrons. The van der Waals surface area contributed by atoms with E-state index in [1.54, 1.807) is 0 Å². The van der Waals surface area contributed by atoms with E-state index in [2.05, 4.69) is 58.1 Å². The van der Waals surface area contributed by atoms with E-state index in [4.69, 9.17) is 0 Å². The maximum absolute atomic E-state index is 13.3. The van der Waals surface area contributed by atoms with Gasteiger partial charge in [0, 0.05) is 87.2 Å². The summed E-state index contributed by atoms with van der Waals surface area (Å²) in [6.07, 6.45) is 1.81. The summed E-state index contributed by atoms with van der Waals surface area (Å²) in [5, 5.41) is 7.39. The number of amides is 3. The topological polar surface area (TPSA) is 99.8 Å². The Labute approximate surface area is 230 Å². The summed E-state index contributed by atoms with van der Waals surface area (Å²) in [4.78, 5) is 42.4. The zero-order chi connectivity index (χ0) is 27.5. The van der Waals surface area contributed by atoms with Crippen LogP contribution in [0.5, 0.6) is 0 Å². The van der Waals surface area contributed by atoms with Gasteiger partial charge in [-0.3, -0.25) is 9.69 Å². The van der Waals surface area contributed by atoms with Crippen molar-refractivity contribution in [3.63, 3.8) is 0 Å². The maximum atomic E-state index is 13.3. The highest BCUT2D eigenvalue weighted by molar-refractivity contribution is 6.00. The summed E-state index contributed by atoms with van der Waals surface area (Å²) in [6, 6.07) is 12.3. The molecule has 3 amide bonds. The average molecular weight is 533 g/mol. The third-order valence-electron chi connectivity index (χ3n) is 7.53. The van der Waals surface area contributed by atoms with Gasteiger partial charge in [0.25, 0.3) is 5.91 Å². The molecule has 3 aromatic rings. The first-order chi connectivity index (χ1) is 18.8. The van der Waals surface area contributed by atoms with Gasteiger partial charge in [-0.25, -0.2) is 9.78 Å². The highest BCUT2D eigenvalue weighted by atomic mass is 16.2. The molecule has 10 heteroatoms. The molecular weight excluding hydrogens is 492 g/mol. The molecular formula is C29H40N8O2. The van der Waals surface area contributed by atoms with Gasteiger partial charge in [0.1, 0.15) is 5.69 Å². The number of nitrogens with zero attached hydrogens (tertiary/aromatic N) is 5. The van der Waals surface area contributed by atoms with Gasteiger partial charge in [0.2, 0.25) is 0 Å². The van der Waals surface area contributed by atoms with E-state index in [0.717, 1.165) is 67.4 Å². The predicted molar refractivity (Wildman–Crippen MR) is 157 cm³/mol. The van der Waals surface area contributed by atoms with Crippen LogP contribution in [0.2, 0.25) is 0 Å². The summed E-state index contributed by atoms with van der Waals surface area (Å²) >= 11 is 0. The Morgan fingerprint density at radius 3 is 2.31 bits per heavy atom. The van der Waals surface area contributed by atoms with Gasteiger partial charge in [-0.1, -0.05) is 0 Å². The molecule has 3 N–H and O–H groups in total. The highest BCUT2D eigenvalue weighted by Gasteiger charge is 2.26. The first-order valence-electron chi connectivity index (χ1n) is 14.0. The quantitative estimate of drug-likeness (QED) is 0.445. The van der Waals surface area contributed by atoms with Crippen molar-refractivity contribution in [2.45, 2.75) is 39.8 Å².